The minimum Gasteiger partial charge on any atom is -0.491 e. The van der Waals surface area contributed by atoms with Crippen molar-refractivity contribution in [3.05, 3.63) is 59.8 Å². The second-order valence-electron chi connectivity index (χ2n) is 6.70. The fraction of sp³-hybridized carbons (Fsp3) is 0.286. The Morgan fingerprint density at radius 1 is 1.19 bits per heavy atom. The highest BCUT2D eigenvalue weighted by atomic mass is 127. The van der Waals surface area contributed by atoms with Crippen molar-refractivity contribution < 1.29 is 4.74 Å². The molecule has 2 aromatic carbocycles. The predicted molar refractivity (Wildman–Crippen MR) is 124 cm³/mol. The molecule has 0 aliphatic heterocycles. The third-order valence-electron chi connectivity index (χ3n) is 4.08. The lowest BCUT2D eigenvalue weighted by atomic mass is 10.1. The number of rotatable bonds is 6. The van der Waals surface area contributed by atoms with Crippen LogP contribution >= 0.6 is 24.0 Å². The molecule has 4 N–H and O–H groups in total. The van der Waals surface area contributed by atoms with Gasteiger partial charge in [0.05, 0.1) is 6.10 Å². The van der Waals surface area contributed by atoms with Crippen LogP contribution in [0.4, 0.5) is 5.69 Å². The zero-order chi connectivity index (χ0) is 18.5. The first-order chi connectivity index (χ1) is 12.5. The standard InChI is InChI=1S/C21H26N4O.HI/c1-14(2)26-18-7-5-17(6-8-18)25-21(22)23-11-10-16-13-24-20-12-15(3)4-9-19(16)20;/h4-9,12-14,24H,10-11H2,1-3H3,(H3,22,23,25);1H. The lowest BCUT2D eigenvalue weighted by molar-refractivity contribution is 0.242. The number of nitrogens with one attached hydrogen (secondary N) is 2. The van der Waals surface area contributed by atoms with Gasteiger partial charge in [0.1, 0.15) is 5.75 Å². The summed E-state index contributed by atoms with van der Waals surface area (Å²) in [6, 6.07) is 14.1. The summed E-state index contributed by atoms with van der Waals surface area (Å²) in [5, 5.41) is 4.36. The molecule has 0 radical (unpaired) electrons. The van der Waals surface area contributed by atoms with Crippen LogP contribution in [0.2, 0.25) is 0 Å². The van der Waals surface area contributed by atoms with E-state index in [-0.39, 0.29) is 30.1 Å². The largest absolute Gasteiger partial charge is 0.491 e. The number of guanidine groups is 1. The quantitative estimate of drug-likeness (QED) is 0.269. The topological polar surface area (TPSA) is 75.4 Å². The van der Waals surface area contributed by atoms with Gasteiger partial charge in [0.15, 0.2) is 5.96 Å². The van der Waals surface area contributed by atoms with E-state index in [4.69, 9.17) is 10.5 Å². The summed E-state index contributed by atoms with van der Waals surface area (Å²) in [5.41, 5.74) is 10.6. The molecule has 0 unspecified atom stereocenters. The van der Waals surface area contributed by atoms with E-state index in [0.717, 1.165) is 17.9 Å². The molecular weight excluding hydrogens is 451 g/mol. The van der Waals surface area contributed by atoms with E-state index >= 15 is 0 Å². The number of fused-ring (bicyclic) bond motifs is 1. The summed E-state index contributed by atoms with van der Waals surface area (Å²) in [6.07, 6.45) is 3.05. The number of aliphatic imine (C=N–C) groups is 1. The number of hydrogen-bond donors (Lipinski definition) is 3. The number of aromatic amines is 1. The third-order valence-corrected chi connectivity index (χ3v) is 4.08. The van der Waals surface area contributed by atoms with Crippen LogP contribution in [0.25, 0.3) is 10.9 Å². The molecule has 3 aromatic rings. The fourth-order valence-electron chi connectivity index (χ4n) is 2.88. The van der Waals surface area contributed by atoms with Crippen LogP contribution < -0.4 is 15.8 Å². The molecule has 0 amide bonds. The Morgan fingerprint density at radius 3 is 2.63 bits per heavy atom. The van der Waals surface area contributed by atoms with Crippen molar-refractivity contribution in [2.24, 2.45) is 10.7 Å². The van der Waals surface area contributed by atoms with E-state index in [9.17, 15) is 0 Å². The second-order valence-corrected chi connectivity index (χ2v) is 6.70. The van der Waals surface area contributed by atoms with Crippen LogP contribution in [0.5, 0.6) is 5.75 Å². The number of nitrogens with two attached hydrogens (primary N) is 1. The summed E-state index contributed by atoms with van der Waals surface area (Å²) < 4.78 is 5.63. The molecule has 5 nitrogen and oxygen atoms in total. The first kappa shape index (κ1) is 21.1. The number of anilines is 1. The van der Waals surface area contributed by atoms with Crippen LogP contribution in [0.3, 0.4) is 0 Å². The number of H-pyrrole nitrogens is 1. The number of ether oxygens (including phenoxy) is 1. The molecule has 0 bridgehead atoms. The van der Waals surface area contributed by atoms with Gasteiger partial charge in [0.25, 0.3) is 0 Å². The number of aromatic nitrogens is 1. The second kappa shape index (κ2) is 9.64. The SMILES string of the molecule is Cc1ccc2c(CCN=C(N)Nc3ccc(OC(C)C)cc3)c[nH]c2c1.I. The maximum absolute atomic E-state index is 6.00. The van der Waals surface area contributed by atoms with E-state index in [1.807, 2.05) is 38.1 Å². The van der Waals surface area contributed by atoms with Crippen LogP contribution in [-0.4, -0.2) is 23.6 Å². The summed E-state index contributed by atoms with van der Waals surface area (Å²) in [5.74, 6) is 1.26. The molecule has 0 spiro atoms. The van der Waals surface area contributed by atoms with Gasteiger partial charge in [-0.1, -0.05) is 12.1 Å². The van der Waals surface area contributed by atoms with Crippen LogP contribution in [-0.2, 0) is 6.42 Å². The number of benzene rings is 2. The van der Waals surface area contributed by atoms with Crippen molar-refractivity contribution in [2.45, 2.75) is 33.3 Å². The maximum Gasteiger partial charge on any atom is 0.193 e. The maximum atomic E-state index is 6.00. The van der Waals surface area contributed by atoms with Gasteiger partial charge in [-0.05, 0) is 68.7 Å². The highest BCUT2D eigenvalue weighted by Gasteiger charge is 2.04. The summed E-state index contributed by atoms with van der Waals surface area (Å²) in [4.78, 5) is 7.75. The molecule has 0 aliphatic rings. The first-order valence-electron chi connectivity index (χ1n) is 8.91. The molecule has 0 fully saturated rings. The summed E-state index contributed by atoms with van der Waals surface area (Å²) >= 11 is 0. The lowest BCUT2D eigenvalue weighted by Crippen LogP contribution is -2.23. The van der Waals surface area contributed by atoms with Crippen molar-refractivity contribution in [3.63, 3.8) is 0 Å². The van der Waals surface area contributed by atoms with Gasteiger partial charge in [0.2, 0.25) is 0 Å². The average molecular weight is 478 g/mol. The van der Waals surface area contributed by atoms with Gasteiger partial charge in [0, 0.05) is 29.3 Å². The zero-order valence-corrected chi connectivity index (χ0v) is 18.3. The zero-order valence-electron chi connectivity index (χ0n) is 16.0. The minimum absolute atomic E-state index is 0. The monoisotopic (exact) mass is 478 g/mol. The number of hydrogen-bond acceptors (Lipinski definition) is 2. The molecule has 6 heteroatoms. The van der Waals surface area contributed by atoms with Crippen molar-refractivity contribution in [1.82, 2.24) is 4.98 Å². The predicted octanol–water partition coefficient (Wildman–Crippen LogP) is 4.85. The summed E-state index contributed by atoms with van der Waals surface area (Å²) in [6.45, 7) is 6.74. The Morgan fingerprint density at radius 2 is 1.93 bits per heavy atom. The third kappa shape index (κ3) is 5.89. The highest BCUT2D eigenvalue weighted by Crippen LogP contribution is 2.20. The van der Waals surface area contributed by atoms with Crippen molar-refractivity contribution in [3.8, 4) is 5.75 Å². The van der Waals surface area contributed by atoms with E-state index in [1.165, 1.54) is 22.0 Å². The van der Waals surface area contributed by atoms with Gasteiger partial charge in [-0.25, -0.2) is 0 Å². The van der Waals surface area contributed by atoms with Gasteiger partial charge in [-0.3, -0.25) is 4.99 Å². The lowest BCUT2D eigenvalue weighted by Gasteiger charge is -2.10. The van der Waals surface area contributed by atoms with Crippen LogP contribution in [0.1, 0.15) is 25.0 Å². The van der Waals surface area contributed by atoms with Crippen molar-refractivity contribution in [1.29, 1.82) is 0 Å². The molecule has 0 atom stereocenters. The minimum atomic E-state index is 0. The van der Waals surface area contributed by atoms with Crippen LogP contribution in [0, 0.1) is 6.92 Å². The molecule has 0 saturated carbocycles. The molecule has 3 rings (SSSR count). The molecule has 0 aliphatic carbocycles. The normalized spacial score (nSPS) is 11.5. The number of halogens is 1. The van der Waals surface area contributed by atoms with Gasteiger partial charge < -0.3 is 20.8 Å². The van der Waals surface area contributed by atoms with Crippen molar-refractivity contribution >= 4 is 46.5 Å². The summed E-state index contributed by atoms with van der Waals surface area (Å²) in [7, 11) is 0. The fourth-order valence-corrected chi connectivity index (χ4v) is 2.88. The molecular formula is C21H27IN4O. The molecule has 27 heavy (non-hydrogen) atoms. The molecule has 1 heterocycles. The Labute approximate surface area is 177 Å². The van der Waals surface area contributed by atoms with Gasteiger partial charge in [-0.15, -0.1) is 24.0 Å². The molecule has 0 saturated heterocycles. The average Bonchev–Trinajstić information content (AvgIpc) is 2.98. The van der Waals surface area contributed by atoms with E-state index in [2.05, 4.69) is 46.6 Å². The Bertz CT molecular complexity index is 900. The smallest absolute Gasteiger partial charge is 0.193 e. The van der Waals surface area contributed by atoms with E-state index < -0.39 is 0 Å². The highest BCUT2D eigenvalue weighted by molar-refractivity contribution is 14.0. The van der Waals surface area contributed by atoms with Crippen molar-refractivity contribution in [2.75, 3.05) is 11.9 Å². The Kier molecular flexibility index (Phi) is 7.53. The Hall–Kier alpha value is -2.22. The van der Waals surface area contributed by atoms with Gasteiger partial charge >= 0.3 is 0 Å². The number of aryl methyl sites for hydroxylation is 1. The molecule has 1 aromatic heterocycles. The first-order valence-corrected chi connectivity index (χ1v) is 8.91. The Balaban J connectivity index is 0.00000261. The van der Waals surface area contributed by atoms with Crippen LogP contribution in [0.15, 0.2) is 53.7 Å². The van der Waals surface area contributed by atoms with E-state index in [0.29, 0.717) is 12.5 Å². The van der Waals surface area contributed by atoms with Gasteiger partial charge in [-0.2, -0.15) is 0 Å². The molecule has 144 valence electrons. The number of nitrogens with zero attached hydrogens (tertiary/aromatic N) is 1. The van der Waals surface area contributed by atoms with E-state index in [1.54, 1.807) is 0 Å².